The third-order valence-electron chi connectivity index (χ3n) is 6.62. The highest BCUT2D eigenvalue weighted by Gasteiger charge is 2.33. The van der Waals surface area contributed by atoms with E-state index >= 15 is 0 Å². The van der Waals surface area contributed by atoms with E-state index in [1.54, 1.807) is 28.7 Å². The summed E-state index contributed by atoms with van der Waals surface area (Å²) >= 11 is 0. The van der Waals surface area contributed by atoms with Gasteiger partial charge in [0.15, 0.2) is 0 Å². The summed E-state index contributed by atoms with van der Waals surface area (Å²) in [5.74, 6) is -3.63. The van der Waals surface area contributed by atoms with E-state index in [2.05, 4.69) is 16.5 Å². The predicted octanol–water partition coefficient (Wildman–Crippen LogP) is 4.53. The highest BCUT2D eigenvalue weighted by atomic mass is 19.4. The van der Waals surface area contributed by atoms with Crippen LogP contribution in [0.15, 0.2) is 73.3 Å². The number of carbonyl (C=O) groups is 2. The first-order chi connectivity index (χ1) is 18.7. The summed E-state index contributed by atoms with van der Waals surface area (Å²) in [6.07, 6.45) is -2.38. The van der Waals surface area contributed by atoms with Gasteiger partial charge in [-0.25, -0.2) is 9.97 Å². The summed E-state index contributed by atoms with van der Waals surface area (Å²) in [6, 6.07) is 10.8. The number of alkyl halides is 3. The second-order valence-corrected chi connectivity index (χ2v) is 9.44. The summed E-state index contributed by atoms with van der Waals surface area (Å²) in [6.45, 7) is 4.60. The number of nitrogens with zero attached hydrogens (tertiary/aromatic N) is 3. The smallest absolute Gasteiger partial charge is 0.416 e. The summed E-state index contributed by atoms with van der Waals surface area (Å²) in [5.41, 5.74) is 5.11. The molecule has 2 aromatic carbocycles. The van der Waals surface area contributed by atoms with Gasteiger partial charge in [-0.2, -0.15) is 13.2 Å². The summed E-state index contributed by atoms with van der Waals surface area (Å²) in [4.78, 5) is 32.6. The second-order valence-electron chi connectivity index (χ2n) is 9.44. The van der Waals surface area contributed by atoms with Crippen molar-refractivity contribution in [2.45, 2.75) is 31.5 Å². The van der Waals surface area contributed by atoms with Gasteiger partial charge in [-0.3, -0.25) is 14.0 Å². The molecule has 0 fully saturated rings. The van der Waals surface area contributed by atoms with Gasteiger partial charge in [0.05, 0.1) is 17.7 Å². The number of carboxylic acid groups (broad SMARTS) is 1. The third kappa shape index (κ3) is 5.52. The molecule has 208 valence electrons. The molecule has 0 aliphatic heterocycles. The van der Waals surface area contributed by atoms with Crippen molar-refractivity contribution in [3.05, 3.63) is 95.8 Å². The van der Waals surface area contributed by atoms with E-state index in [1.165, 1.54) is 31.5 Å². The fourth-order valence-electron chi connectivity index (χ4n) is 4.39. The monoisotopic (exact) mass is 554 g/mol. The zero-order chi connectivity index (χ0) is 29.4. The van der Waals surface area contributed by atoms with Crippen molar-refractivity contribution in [2.75, 3.05) is 5.73 Å². The number of nitrogen functional groups attached to an aromatic ring is 1. The number of imidazole rings is 1. The number of hydrogen-bond acceptors (Lipinski definition) is 7. The number of ketones is 1. The maximum Gasteiger partial charge on any atom is 0.416 e. The number of anilines is 1. The fourth-order valence-corrected chi connectivity index (χ4v) is 4.39. The van der Waals surface area contributed by atoms with E-state index in [1.807, 2.05) is 0 Å². The Bertz CT molecular complexity index is 1600. The number of Topliss-reactive ketones (excluding diaryl/α,β-unsaturated/α-hetero) is 1. The molecule has 0 bridgehead atoms. The molecule has 4 aromatic rings. The highest BCUT2D eigenvalue weighted by Crippen LogP contribution is 2.36. The minimum Gasteiger partial charge on any atom is -0.512 e. The zero-order valence-corrected chi connectivity index (χ0v) is 21.2. The van der Waals surface area contributed by atoms with Crippen LogP contribution in [-0.2, 0) is 27.8 Å². The quantitative estimate of drug-likeness (QED) is 0.220. The van der Waals surface area contributed by atoms with Crippen LogP contribution in [0.4, 0.5) is 19.0 Å². The molecule has 40 heavy (non-hydrogen) atoms. The molecule has 0 radical (unpaired) electrons. The van der Waals surface area contributed by atoms with Gasteiger partial charge in [-0.05, 0) is 30.2 Å². The molecule has 0 saturated heterocycles. The average Bonchev–Trinajstić information content (AvgIpc) is 3.26. The number of aliphatic hydroxyl groups is 2. The van der Waals surface area contributed by atoms with Crippen LogP contribution in [0, 0.1) is 5.92 Å². The number of hydrogen-bond donors (Lipinski definition) is 4. The Labute approximate surface area is 226 Å². The molecule has 2 atom stereocenters. The molecule has 0 spiro atoms. The molecule has 9 nitrogen and oxygen atoms in total. The number of halogens is 3. The molecular formula is C28H25F3N4O5. The lowest BCUT2D eigenvalue weighted by Crippen LogP contribution is -2.23. The van der Waals surface area contributed by atoms with Gasteiger partial charge in [-0.1, -0.05) is 43.0 Å². The number of nitrogens with two attached hydrogens (primary N) is 1. The normalized spacial score (nSPS) is 14.0. The number of carbonyl (C=O) groups excluding carboxylic acids is 1. The van der Waals surface area contributed by atoms with E-state index < -0.39 is 47.2 Å². The van der Waals surface area contributed by atoms with Crippen molar-refractivity contribution in [3.63, 3.8) is 0 Å². The van der Waals surface area contributed by atoms with E-state index in [-0.39, 0.29) is 23.6 Å². The Morgan fingerprint density at radius 3 is 2.33 bits per heavy atom. The first kappa shape index (κ1) is 28.3. The maximum atomic E-state index is 13.2. The number of carboxylic acids is 1. The first-order valence-corrected chi connectivity index (χ1v) is 11.9. The SMILES string of the molecule is C=C(O)C(CC(=O)Cc1nc(-c2ccc([C@@](C)(O)c3cccc(C(F)(F)F)c3)cc2)c2c(N)nccn12)C(=O)O. The molecule has 2 heterocycles. The van der Waals surface area contributed by atoms with Crippen molar-refractivity contribution in [2.24, 2.45) is 5.92 Å². The van der Waals surface area contributed by atoms with E-state index in [4.69, 9.17) is 5.73 Å². The van der Waals surface area contributed by atoms with Gasteiger partial charge in [0, 0.05) is 24.4 Å². The number of benzene rings is 2. The molecule has 2 aromatic heterocycles. The maximum absolute atomic E-state index is 13.2. The van der Waals surface area contributed by atoms with Crippen molar-refractivity contribution < 1.29 is 38.1 Å². The average molecular weight is 555 g/mol. The molecule has 0 aliphatic carbocycles. The zero-order valence-electron chi connectivity index (χ0n) is 21.2. The minimum atomic E-state index is -4.56. The van der Waals surface area contributed by atoms with Crippen LogP contribution in [0.3, 0.4) is 0 Å². The van der Waals surface area contributed by atoms with Crippen LogP contribution < -0.4 is 5.73 Å². The summed E-state index contributed by atoms with van der Waals surface area (Å²) in [5, 5.41) is 29.9. The van der Waals surface area contributed by atoms with Crippen LogP contribution >= 0.6 is 0 Å². The van der Waals surface area contributed by atoms with Crippen LogP contribution in [0.25, 0.3) is 16.8 Å². The number of aromatic nitrogens is 3. The molecule has 12 heteroatoms. The van der Waals surface area contributed by atoms with Gasteiger partial charge in [0.2, 0.25) is 0 Å². The number of fused-ring (bicyclic) bond motifs is 1. The van der Waals surface area contributed by atoms with Gasteiger partial charge in [0.1, 0.15) is 40.2 Å². The topological polar surface area (TPSA) is 151 Å². The van der Waals surface area contributed by atoms with Crippen LogP contribution in [0.1, 0.15) is 35.9 Å². The summed E-state index contributed by atoms with van der Waals surface area (Å²) in [7, 11) is 0. The summed E-state index contributed by atoms with van der Waals surface area (Å²) < 4.78 is 41.2. The largest absolute Gasteiger partial charge is 0.512 e. The molecule has 0 saturated carbocycles. The van der Waals surface area contributed by atoms with Gasteiger partial charge in [0.25, 0.3) is 0 Å². The van der Waals surface area contributed by atoms with Gasteiger partial charge in [-0.15, -0.1) is 0 Å². The first-order valence-electron chi connectivity index (χ1n) is 11.9. The van der Waals surface area contributed by atoms with Crippen LogP contribution in [0.5, 0.6) is 0 Å². The van der Waals surface area contributed by atoms with Crippen molar-refractivity contribution in [1.29, 1.82) is 0 Å². The van der Waals surface area contributed by atoms with Crippen molar-refractivity contribution in [1.82, 2.24) is 14.4 Å². The highest BCUT2D eigenvalue weighted by molar-refractivity contribution is 5.89. The van der Waals surface area contributed by atoms with Gasteiger partial charge >= 0.3 is 12.1 Å². The predicted molar refractivity (Wildman–Crippen MR) is 139 cm³/mol. The Kier molecular flexibility index (Phi) is 7.40. The lowest BCUT2D eigenvalue weighted by atomic mass is 9.87. The van der Waals surface area contributed by atoms with Crippen molar-refractivity contribution in [3.8, 4) is 11.3 Å². The van der Waals surface area contributed by atoms with Crippen LogP contribution in [0.2, 0.25) is 0 Å². The second kappa shape index (κ2) is 10.5. The minimum absolute atomic E-state index is 0.0574. The van der Waals surface area contributed by atoms with E-state index in [9.17, 15) is 38.1 Å². The Morgan fingerprint density at radius 2 is 1.73 bits per heavy atom. The van der Waals surface area contributed by atoms with E-state index in [0.29, 0.717) is 22.3 Å². The Hall–Kier alpha value is -4.71. The number of aliphatic hydroxyl groups excluding tert-OH is 1. The lowest BCUT2D eigenvalue weighted by Gasteiger charge is -2.25. The molecule has 1 unspecified atom stereocenters. The Morgan fingerprint density at radius 1 is 1.07 bits per heavy atom. The lowest BCUT2D eigenvalue weighted by molar-refractivity contribution is -0.143. The molecule has 0 amide bonds. The molecule has 5 N–H and O–H groups in total. The van der Waals surface area contributed by atoms with Gasteiger partial charge < -0.3 is 21.1 Å². The number of aliphatic carboxylic acids is 1. The molecule has 0 aliphatic rings. The van der Waals surface area contributed by atoms with Crippen LogP contribution in [-0.4, -0.2) is 41.4 Å². The van der Waals surface area contributed by atoms with E-state index in [0.717, 1.165) is 12.1 Å². The Balaban J connectivity index is 1.68. The van der Waals surface area contributed by atoms with Crippen molar-refractivity contribution >= 4 is 23.1 Å². The number of rotatable bonds is 9. The fraction of sp³-hybridized carbons (Fsp3) is 0.214. The third-order valence-corrected chi connectivity index (χ3v) is 6.62. The standard InChI is InChI=1S/C28H25F3N4O5/c1-15(36)21(26(38)39)13-20(37)14-22-34-23(24-25(32)33-10-11-35(22)24)16-6-8-17(9-7-16)27(2,40)18-4-3-5-19(12-18)28(29,30)31/h3-12,21,36,40H,1,13-14H2,2H3,(H2,32,33)(H,38,39)/t21?,27-/m1/s1. The molecular weight excluding hydrogens is 529 g/mol. The molecule has 4 rings (SSSR count).